The van der Waals surface area contributed by atoms with Crippen molar-refractivity contribution in [2.45, 2.75) is 6.92 Å². The Morgan fingerprint density at radius 2 is 2.22 bits per heavy atom. The van der Waals surface area contributed by atoms with E-state index in [9.17, 15) is 14.9 Å². The van der Waals surface area contributed by atoms with Gasteiger partial charge in [0.2, 0.25) is 0 Å². The Morgan fingerprint density at radius 1 is 1.56 bits per heavy atom. The lowest BCUT2D eigenvalue weighted by Gasteiger charge is -2.07. The van der Waals surface area contributed by atoms with Gasteiger partial charge in [0.15, 0.2) is 0 Å². The molecule has 0 amide bonds. The number of nitro groups is 1. The molecule has 0 aromatic heterocycles. The van der Waals surface area contributed by atoms with E-state index >= 15 is 0 Å². The van der Waals surface area contributed by atoms with E-state index < -0.39 is 10.9 Å². The zero-order valence-electron chi connectivity index (χ0n) is 9.90. The van der Waals surface area contributed by atoms with Crippen LogP contribution in [0.5, 0.6) is 0 Å². The Bertz CT molecular complexity index is 501. The highest BCUT2D eigenvalue weighted by atomic mass is 16.6. The number of hydrogen-bond donors (Lipinski definition) is 1. The molecule has 0 aliphatic rings. The summed E-state index contributed by atoms with van der Waals surface area (Å²) in [4.78, 5) is 20.5. The van der Waals surface area contributed by atoms with E-state index in [-0.39, 0.29) is 12.2 Å². The zero-order chi connectivity index (χ0) is 13.7. The Balaban J connectivity index is 2.89. The second-order valence-electron chi connectivity index (χ2n) is 3.63. The lowest BCUT2D eigenvalue weighted by molar-refractivity contribution is -0.384. The number of carbonyl (C=O) groups is 1. The summed E-state index contributed by atoms with van der Waals surface area (Å²) >= 11 is 0. The van der Waals surface area contributed by atoms with Crippen LogP contribution in [0.1, 0.15) is 5.56 Å². The molecule has 0 fully saturated rings. The molecule has 0 aliphatic heterocycles. The van der Waals surface area contributed by atoms with E-state index in [1.165, 1.54) is 19.2 Å². The molecule has 0 spiro atoms. The van der Waals surface area contributed by atoms with Gasteiger partial charge in [-0.25, -0.2) is 0 Å². The highest BCUT2D eigenvalue weighted by molar-refractivity contribution is 5.68. The van der Waals surface area contributed by atoms with Gasteiger partial charge in [0, 0.05) is 19.2 Å². The third-order valence-corrected chi connectivity index (χ3v) is 2.07. The van der Waals surface area contributed by atoms with Crippen LogP contribution in [-0.4, -0.2) is 34.6 Å². The molecule has 8 nitrogen and oxygen atoms in total. The van der Waals surface area contributed by atoms with Crippen LogP contribution in [-0.2, 0) is 4.79 Å². The molecule has 0 atom stereocenters. The molecule has 0 heterocycles. The van der Waals surface area contributed by atoms with Crippen molar-refractivity contribution in [2.75, 3.05) is 13.6 Å². The maximum absolute atomic E-state index is 10.6. The summed E-state index contributed by atoms with van der Waals surface area (Å²) in [5.74, 6) is -1.03. The monoisotopic (exact) mass is 252 g/mol. The summed E-state index contributed by atoms with van der Waals surface area (Å²) in [6, 6.07) is 4.21. The minimum atomic E-state index is -1.03. The van der Waals surface area contributed by atoms with Gasteiger partial charge in [-0.2, -0.15) is 0 Å². The number of aliphatic carboxylic acids is 1. The highest BCUT2D eigenvalue weighted by Crippen LogP contribution is 2.24. The molecule has 0 radical (unpaired) electrons. The van der Waals surface area contributed by atoms with Gasteiger partial charge in [-0.1, -0.05) is 11.3 Å². The molecule has 0 unspecified atom stereocenters. The van der Waals surface area contributed by atoms with Crippen LogP contribution in [0.15, 0.2) is 28.5 Å². The number of carboxylic acids is 1. The van der Waals surface area contributed by atoms with Crippen molar-refractivity contribution in [2.24, 2.45) is 10.3 Å². The van der Waals surface area contributed by atoms with Crippen LogP contribution < -0.4 is 0 Å². The standard InChI is InChI=1S/C10H12N4O4/c1-7-3-4-8(14(17)18)5-9(7)11-12-13(2)6-10(15)16/h3-5H,6H2,1-2H3,(H,15,16)/b12-11+. The lowest BCUT2D eigenvalue weighted by atomic mass is 10.2. The first-order valence-corrected chi connectivity index (χ1v) is 5.00. The number of nitro benzene ring substituents is 1. The lowest BCUT2D eigenvalue weighted by Crippen LogP contribution is -2.19. The average molecular weight is 252 g/mol. The van der Waals surface area contributed by atoms with E-state index in [0.29, 0.717) is 11.3 Å². The third-order valence-electron chi connectivity index (χ3n) is 2.07. The number of hydrogen-bond acceptors (Lipinski definition) is 5. The number of likely N-dealkylation sites (N-methyl/N-ethyl adjacent to an activating group) is 1. The summed E-state index contributed by atoms with van der Waals surface area (Å²) in [6.45, 7) is 1.44. The first-order chi connectivity index (χ1) is 8.40. The Hall–Kier alpha value is -2.51. The van der Waals surface area contributed by atoms with Crippen molar-refractivity contribution < 1.29 is 14.8 Å². The minimum Gasteiger partial charge on any atom is -0.480 e. The van der Waals surface area contributed by atoms with Crippen LogP contribution in [0.2, 0.25) is 0 Å². The van der Waals surface area contributed by atoms with Crippen molar-refractivity contribution in [1.82, 2.24) is 5.01 Å². The van der Waals surface area contributed by atoms with Crippen LogP contribution in [0.3, 0.4) is 0 Å². The number of carboxylic acid groups (broad SMARTS) is 1. The average Bonchev–Trinajstić information content (AvgIpc) is 2.26. The van der Waals surface area contributed by atoms with Crippen molar-refractivity contribution >= 4 is 17.3 Å². The molecular weight excluding hydrogens is 240 g/mol. The fourth-order valence-corrected chi connectivity index (χ4v) is 1.17. The number of rotatable bonds is 5. The summed E-state index contributed by atoms with van der Waals surface area (Å²) in [5, 5.41) is 27.7. The molecule has 1 aromatic carbocycles. The number of aryl methyl sites for hydroxylation is 1. The summed E-state index contributed by atoms with van der Waals surface area (Å²) in [5.41, 5.74) is 0.963. The maximum Gasteiger partial charge on any atom is 0.324 e. The Labute approximate surface area is 103 Å². The first-order valence-electron chi connectivity index (χ1n) is 5.00. The fraction of sp³-hybridized carbons (Fsp3) is 0.300. The zero-order valence-corrected chi connectivity index (χ0v) is 9.90. The van der Waals surface area contributed by atoms with Crippen LogP contribution in [0.25, 0.3) is 0 Å². The molecule has 0 saturated heterocycles. The third kappa shape index (κ3) is 3.81. The number of benzene rings is 1. The largest absolute Gasteiger partial charge is 0.480 e. The topological polar surface area (TPSA) is 108 Å². The smallest absolute Gasteiger partial charge is 0.324 e. The predicted octanol–water partition coefficient (Wildman–Crippen LogP) is 1.92. The van der Waals surface area contributed by atoms with E-state index in [4.69, 9.17) is 5.11 Å². The van der Waals surface area contributed by atoms with Crippen LogP contribution in [0, 0.1) is 17.0 Å². The van der Waals surface area contributed by atoms with Crippen molar-refractivity contribution in [3.8, 4) is 0 Å². The normalized spacial score (nSPS) is 10.6. The highest BCUT2D eigenvalue weighted by Gasteiger charge is 2.08. The second-order valence-corrected chi connectivity index (χ2v) is 3.63. The molecule has 0 aliphatic carbocycles. The number of nitrogens with zero attached hydrogens (tertiary/aromatic N) is 4. The second kappa shape index (κ2) is 5.71. The molecule has 1 rings (SSSR count). The van der Waals surface area contributed by atoms with E-state index in [0.717, 1.165) is 5.01 Å². The molecule has 1 N–H and O–H groups in total. The van der Waals surface area contributed by atoms with E-state index in [1.807, 2.05) is 0 Å². The SMILES string of the molecule is Cc1ccc([N+](=O)[O-])cc1/N=N/N(C)CC(=O)O. The predicted molar refractivity (Wildman–Crippen MR) is 62.6 cm³/mol. The maximum atomic E-state index is 10.6. The molecular formula is C10H12N4O4. The summed E-state index contributed by atoms with van der Waals surface area (Å²) < 4.78 is 0. The molecule has 0 saturated carbocycles. The quantitative estimate of drug-likeness (QED) is 0.489. The van der Waals surface area contributed by atoms with Gasteiger partial charge in [-0.15, -0.1) is 5.11 Å². The Kier molecular flexibility index (Phi) is 4.30. The minimum absolute atomic E-state index is 0.0876. The Morgan fingerprint density at radius 3 is 2.78 bits per heavy atom. The van der Waals surface area contributed by atoms with E-state index in [2.05, 4.69) is 10.3 Å². The summed E-state index contributed by atoms with van der Waals surface area (Å²) in [6.07, 6.45) is 0. The molecule has 1 aromatic rings. The van der Waals surface area contributed by atoms with Crippen LogP contribution in [0.4, 0.5) is 11.4 Å². The van der Waals surface area contributed by atoms with Gasteiger partial charge in [-0.05, 0) is 12.5 Å². The number of non-ortho nitro benzene ring substituents is 1. The van der Waals surface area contributed by atoms with E-state index in [1.54, 1.807) is 13.0 Å². The molecule has 0 bridgehead atoms. The van der Waals surface area contributed by atoms with Gasteiger partial charge in [0.25, 0.3) is 5.69 Å². The fourth-order valence-electron chi connectivity index (χ4n) is 1.17. The van der Waals surface area contributed by atoms with Crippen molar-refractivity contribution in [3.63, 3.8) is 0 Å². The first kappa shape index (κ1) is 13.6. The molecule has 96 valence electrons. The van der Waals surface area contributed by atoms with Gasteiger partial charge in [-0.3, -0.25) is 19.9 Å². The van der Waals surface area contributed by atoms with Gasteiger partial charge in [0.1, 0.15) is 6.54 Å². The molecule has 18 heavy (non-hydrogen) atoms. The van der Waals surface area contributed by atoms with Gasteiger partial charge < -0.3 is 5.11 Å². The molecule has 8 heteroatoms. The summed E-state index contributed by atoms with van der Waals surface area (Å²) in [7, 11) is 1.45. The van der Waals surface area contributed by atoms with Gasteiger partial charge in [0.05, 0.1) is 10.6 Å². The van der Waals surface area contributed by atoms with Crippen LogP contribution >= 0.6 is 0 Å². The van der Waals surface area contributed by atoms with Gasteiger partial charge >= 0.3 is 5.97 Å². The van der Waals surface area contributed by atoms with Crippen molar-refractivity contribution in [3.05, 3.63) is 33.9 Å². The van der Waals surface area contributed by atoms with Crippen molar-refractivity contribution in [1.29, 1.82) is 0 Å².